The van der Waals surface area contributed by atoms with Gasteiger partial charge in [0.1, 0.15) is 5.01 Å². The van der Waals surface area contributed by atoms with E-state index in [-0.39, 0.29) is 24.2 Å². The molecule has 0 saturated carbocycles. The summed E-state index contributed by atoms with van der Waals surface area (Å²) >= 11 is 1.64. The van der Waals surface area contributed by atoms with Crippen LogP contribution in [0.1, 0.15) is 11.4 Å². The number of amides is 1. The van der Waals surface area contributed by atoms with Gasteiger partial charge in [-0.25, -0.2) is 4.98 Å². The second-order valence-electron chi connectivity index (χ2n) is 4.48. The Morgan fingerprint density at radius 3 is 3.05 bits per heavy atom. The second kappa shape index (κ2) is 6.32. The molecule has 2 N–H and O–H groups in total. The zero-order valence-electron chi connectivity index (χ0n) is 10.4. The monoisotopic (exact) mass is 297 g/mol. The van der Waals surface area contributed by atoms with Crippen LogP contribution in [0.15, 0.2) is 24.3 Å². The van der Waals surface area contributed by atoms with Crippen molar-refractivity contribution >= 4 is 39.9 Å². The maximum atomic E-state index is 11.9. The van der Waals surface area contributed by atoms with Crippen molar-refractivity contribution in [3.8, 4) is 0 Å². The number of carbonyl (C=O) groups excluding carboxylic acids is 1. The van der Waals surface area contributed by atoms with E-state index in [4.69, 9.17) is 0 Å². The highest BCUT2D eigenvalue weighted by Gasteiger charge is 2.22. The fourth-order valence-corrected chi connectivity index (χ4v) is 3.09. The number of thiazole rings is 1. The lowest BCUT2D eigenvalue weighted by Gasteiger charge is -2.07. The molecule has 1 fully saturated rings. The maximum absolute atomic E-state index is 11.9. The summed E-state index contributed by atoms with van der Waals surface area (Å²) in [6, 6.07) is 8.04. The van der Waals surface area contributed by atoms with Gasteiger partial charge in [-0.3, -0.25) is 4.79 Å². The molecule has 1 atom stereocenters. The molecule has 0 radical (unpaired) electrons. The third kappa shape index (κ3) is 3.23. The number of nitrogens with one attached hydrogen (secondary N) is 2. The van der Waals surface area contributed by atoms with Crippen molar-refractivity contribution in [2.75, 3.05) is 13.1 Å². The van der Waals surface area contributed by atoms with Crippen LogP contribution in [-0.2, 0) is 11.3 Å². The van der Waals surface area contributed by atoms with Crippen molar-refractivity contribution in [2.45, 2.75) is 13.0 Å². The van der Waals surface area contributed by atoms with Gasteiger partial charge in [0.25, 0.3) is 0 Å². The number of rotatable bonds is 3. The van der Waals surface area contributed by atoms with Crippen LogP contribution in [0.2, 0.25) is 0 Å². The van der Waals surface area contributed by atoms with Gasteiger partial charge in [0.15, 0.2) is 0 Å². The number of nitrogens with zero attached hydrogens (tertiary/aromatic N) is 1. The first-order valence-corrected chi connectivity index (χ1v) is 6.97. The van der Waals surface area contributed by atoms with E-state index in [2.05, 4.69) is 21.7 Å². The van der Waals surface area contributed by atoms with Crippen molar-refractivity contribution in [1.29, 1.82) is 0 Å². The van der Waals surface area contributed by atoms with Gasteiger partial charge in [0.2, 0.25) is 5.91 Å². The molecule has 1 aliphatic heterocycles. The summed E-state index contributed by atoms with van der Waals surface area (Å²) in [7, 11) is 0. The molecular weight excluding hydrogens is 282 g/mol. The van der Waals surface area contributed by atoms with Gasteiger partial charge < -0.3 is 10.6 Å². The third-order valence-electron chi connectivity index (χ3n) is 3.18. The number of halogens is 1. The summed E-state index contributed by atoms with van der Waals surface area (Å²) in [5.74, 6) is 0.263. The van der Waals surface area contributed by atoms with E-state index in [0.29, 0.717) is 6.54 Å². The average molecular weight is 298 g/mol. The maximum Gasteiger partial charge on any atom is 0.224 e. The Balaban J connectivity index is 0.00000133. The number of carbonyl (C=O) groups is 1. The van der Waals surface area contributed by atoms with Crippen LogP contribution in [0.25, 0.3) is 10.2 Å². The largest absolute Gasteiger partial charge is 0.349 e. The van der Waals surface area contributed by atoms with Gasteiger partial charge in [-0.1, -0.05) is 12.1 Å². The number of fused-ring (bicyclic) bond motifs is 1. The first kappa shape index (κ1) is 14.2. The van der Waals surface area contributed by atoms with Crippen molar-refractivity contribution in [3.63, 3.8) is 0 Å². The van der Waals surface area contributed by atoms with Gasteiger partial charge >= 0.3 is 0 Å². The Morgan fingerprint density at radius 2 is 2.32 bits per heavy atom. The summed E-state index contributed by atoms with van der Waals surface area (Å²) in [4.78, 5) is 16.4. The Labute approximate surface area is 122 Å². The molecule has 1 aromatic carbocycles. The van der Waals surface area contributed by atoms with Crippen LogP contribution in [0.4, 0.5) is 0 Å². The predicted octanol–water partition coefficient (Wildman–Crippen LogP) is 1.94. The Bertz CT molecular complexity index is 533. The van der Waals surface area contributed by atoms with Gasteiger partial charge in [-0.05, 0) is 25.1 Å². The molecule has 2 heterocycles. The average Bonchev–Trinajstić information content (AvgIpc) is 3.04. The molecule has 6 heteroatoms. The molecule has 1 aliphatic rings. The molecule has 4 nitrogen and oxygen atoms in total. The lowest BCUT2D eigenvalue weighted by atomic mass is 10.1. The van der Waals surface area contributed by atoms with E-state index in [1.54, 1.807) is 11.3 Å². The molecule has 19 heavy (non-hydrogen) atoms. The Morgan fingerprint density at radius 1 is 1.47 bits per heavy atom. The highest BCUT2D eigenvalue weighted by Crippen LogP contribution is 2.21. The van der Waals surface area contributed by atoms with Crippen LogP contribution in [0.5, 0.6) is 0 Å². The second-order valence-corrected chi connectivity index (χ2v) is 5.60. The summed E-state index contributed by atoms with van der Waals surface area (Å²) < 4.78 is 1.17. The van der Waals surface area contributed by atoms with Crippen molar-refractivity contribution in [1.82, 2.24) is 15.6 Å². The quantitative estimate of drug-likeness (QED) is 0.910. The van der Waals surface area contributed by atoms with E-state index >= 15 is 0 Å². The standard InChI is InChI=1S/C13H15N3OS.ClH/c17-13(9-5-6-14-7-9)15-8-12-16-10-3-1-2-4-11(10)18-12;/h1-4,9,14H,5-8H2,(H,15,17);1H. The van der Waals surface area contributed by atoms with E-state index in [1.165, 1.54) is 4.70 Å². The Kier molecular flexibility index (Phi) is 4.74. The highest BCUT2D eigenvalue weighted by atomic mass is 35.5. The summed E-state index contributed by atoms with van der Waals surface area (Å²) in [5, 5.41) is 7.14. The molecule has 1 unspecified atom stereocenters. The van der Waals surface area contributed by atoms with Gasteiger partial charge in [0.05, 0.1) is 22.7 Å². The molecule has 1 saturated heterocycles. The van der Waals surface area contributed by atoms with E-state index in [0.717, 1.165) is 30.0 Å². The normalized spacial score (nSPS) is 18.2. The molecule has 3 rings (SSSR count). The summed E-state index contributed by atoms with van der Waals surface area (Å²) in [6.45, 7) is 2.28. The minimum atomic E-state index is 0. The minimum Gasteiger partial charge on any atom is -0.349 e. The fourth-order valence-electron chi connectivity index (χ4n) is 2.18. The molecule has 102 valence electrons. The van der Waals surface area contributed by atoms with Crippen LogP contribution in [-0.4, -0.2) is 24.0 Å². The van der Waals surface area contributed by atoms with Crippen LogP contribution in [0, 0.1) is 5.92 Å². The van der Waals surface area contributed by atoms with Crippen LogP contribution < -0.4 is 10.6 Å². The minimum absolute atomic E-state index is 0. The molecule has 0 spiro atoms. The zero-order chi connectivity index (χ0) is 12.4. The lowest BCUT2D eigenvalue weighted by molar-refractivity contribution is -0.124. The highest BCUT2D eigenvalue weighted by molar-refractivity contribution is 7.18. The number of aromatic nitrogens is 1. The van der Waals surface area contributed by atoms with Gasteiger partial charge in [-0.15, -0.1) is 23.7 Å². The fraction of sp³-hybridized carbons (Fsp3) is 0.385. The summed E-state index contributed by atoms with van der Waals surface area (Å²) in [5.41, 5.74) is 1.01. The molecule has 0 bridgehead atoms. The van der Waals surface area contributed by atoms with Gasteiger partial charge in [0, 0.05) is 6.54 Å². The number of hydrogen-bond acceptors (Lipinski definition) is 4. The van der Waals surface area contributed by atoms with E-state index in [9.17, 15) is 4.79 Å². The molecule has 1 amide bonds. The predicted molar refractivity (Wildman–Crippen MR) is 79.7 cm³/mol. The van der Waals surface area contributed by atoms with E-state index < -0.39 is 0 Å². The lowest BCUT2D eigenvalue weighted by Crippen LogP contribution is -2.31. The molecular formula is C13H16ClN3OS. The van der Waals surface area contributed by atoms with Crippen molar-refractivity contribution in [3.05, 3.63) is 29.3 Å². The van der Waals surface area contributed by atoms with Crippen molar-refractivity contribution in [2.24, 2.45) is 5.92 Å². The Hall–Kier alpha value is -1.17. The zero-order valence-corrected chi connectivity index (χ0v) is 12.0. The molecule has 0 aliphatic carbocycles. The molecule has 2 aromatic rings. The van der Waals surface area contributed by atoms with Crippen LogP contribution in [0.3, 0.4) is 0 Å². The topological polar surface area (TPSA) is 54.0 Å². The smallest absolute Gasteiger partial charge is 0.224 e. The summed E-state index contributed by atoms with van der Waals surface area (Å²) in [6.07, 6.45) is 0.936. The first-order chi connectivity index (χ1) is 8.83. The SMILES string of the molecule is Cl.O=C(NCc1nc2ccccc2s1)C1CCNC1. The number of benzene rings is 1. The number of hydrogen-bond donors (Lipinski definition) is 2. The van der Waals surface area contributed by atoms with E-state index in [1.807, 2.05) is 18.2 Å². The molecule has 1 aromatic heterocycles. The van der Waals surface area contributed by atoms with Crippen LogP contribution >= 0.6 is 23.7 Å². The first-order valence-electron chi connectivity index (χ1n) is 6.16. The van der Waals surface area contributed by atoms with Crippen molar-refractivity contribution < 1.29 is 4.79 Å². The third-order valence-corrected chi connectivity index (χ3v) is 4.22. The number of para-hydroxylation sites is 1. The van der Waals surface area contributed by atoms with Gasteiger partial charge in [-0.2, -0.15) is 0 Å².